The number of hydrogen-bond donors (Lipinski definition) is 1. The molecule has 1 unspecified atom stereocenters. The van der Waals surface area contributed by atoms with Crippen LogP contribution in [0.3, 0.4) is 0 Å². The average molecular weight is 439 g/mol. The zero-order chi connectivity index (χ0) is 22.7. The highest BCUT2D eigenvalue weighted by atomic mass is 16.5. The molecule has 0 saturated carbocycles. The van der Waals surface area contributed by atoms with Crippen molar-refractivity contribution in [2.75, 3.05) is 26.2 Å². The first-order chi connectivity index (χ1) is 15.4. The molecule has 4 rings (SSSR count). The summed E-state index contributed by atoms with van der Waals surface area (Å²) in [5.74, 6) is -0.439. The first-order valence-corrected chi connectivity index (χ1v) is 11.3. The van der Waals surface area contributed by atoms with Gasteiger partial charge in [-0.1, -0.05) is 35.0 Å². The van der Waals surface area contributed by atoms with E-state index in [9.17, 15) is 14.4 Å². The Morgan fingerprint density at radius 2 is 1.78 bits per heavy atom. The van der Waals surface area contributed by atoms with Gasteiger partial charge in [0.15, 0.2) is 0 Å². The van der Waals surface area contributed by atoms with Crippen LogP contribution in [-0.4, -0.2) is 58.9 Å². The normalized spacial score (nSPS) is 19.7. The molecule has 170 valence electrons. The van der Waals surface area contributed by atoms with Crippen LogP contribution in [-0.2, 0) is 16.0 Å². The van der Waals surface area contributed by atoms with Gasteiger partial charge in [0.25, 0.3) is 5.91 Å². The van der Waals surface area contributed by atoms with E-state index in [4.69, 9.17) is 10.3 Å². The molecule has 0 radical (unpaired) electrons. The fraction of sp³-hybridized carbons (Fsp3) is 0.500. The predicted octanol–water partition coefficient (Wildman–Crippen LogP) is 2.27. The van der Waals surface area contributed by atoms with Crippen molar-refractivity contribution in [3.05, 3.63) is 52.9 Å². The quantitative estimate of drug-likeness (QED) is 0.770. The first-order valence-electron chi connectivity index (χ1n) is 11.3. The SMILES string of the molecule is Cc1ccc(CC(=O)N2CCC(c3cc(C(=O)N4CCCC(C(N)=O)C4)on3)CC2)cc1. The number of carbonyl (C=O) groups is 3. The standard InChI is InChI=1S/C24H30N4O4/c1-16-4-6-17(7-5-16)13-22(29)27-11-8-18(9-12-27)20-14-21(32-26-20)24(31)28-10-2-3-19(15-28)23(25)30/h4-7,14,18-19H,2-3,8-13,15H2,1H3,(H2,25,30). The molecule has 2 saturated heterocycles. The van der Waals surface area contributed by atoms with Crippen LogP contribution >= 0.6 is 0 Å². The van der Waals surface area contributed by atoms with Gasteiger partial charge in [-0.15, -0.1) is 0 Å². The second-order valence-corrected chi connectivity index (χ2v) is 8.93. The Morgan fingerprint density at radius 1 is 1.06 bits per heavy atom. The zero-order valence-electron chi connectivity index (χ0n) is 18.5. The molecule has 3 heterocycles. The predicted molar refractivity (Wildman–Crippen MR) is 118 cm³/mol. The molecular formula is C24H30N4O4. The van der Waals surface area contributed by atoms with Gasteiger partial charge in [-0.05, 0) is 38.2 Å². The Balaban J connectivity index is 1.31. The Labute approximate surface area is 187 Å². The largest absolute Gasteiger partial charge is 0.369 e. The third kappa shape index (κ3) is 5.00. The monoisotopic (exact) mass is 438 g/mol. The van der Waals surface area contributed by atoms with Gasteiger partial charge in [0.05, 0.1) is 18.0 Å². The molecule has 1 atom stereocenters. The Kier molecular flexibility index (Phi) is 6.58. The number of benzene rings is 1. The minimum Gasteiger partial charge on any atom is -0.369 e. The summed E-state index contributed by atoms with van der Waals surface area (Å²) >= 11 is 0. The number of nitrogens with two attached hydrogens (primary N) is 1. The summed E-state index contributed by atoms with van der Waals surface area (Å²) in [6.45, 7) is 4.27. The molecule has 32 heavy (non-hydrogen) atoms. The summed E-state index contributed by atoms with van der Waals surface area (Å²) in [5.41, 5.74) is 8.37. The topological polar surface area (TPSA) is 110 Å². The van der Waals surface area contributed by atoms with E-state index in [0.717, 1.165) is 30.5 Å². The molecule has 2 aliphatic heterocycles. The second-order valence-electron chi connectivity index (χ2n) is 8.93. The van der Waals surface area contributed by atoms with Crippen LogP contribution in [0.2, 0.25) is 0 Å². The summed E-state index contributed by atoms with van der Waals surface area (Å²) in [7, 11) is 0. The lowest BCUT2D eigenvalue weighted by atomic mass is 9.93. The van der Waals surface area contributed by atoms with Crippen molar-refractivity contribution < 1.29 is 18.9 Å². The minimum absolute atomic E-state index is 0.137. The van der Waals surface area contributed by atoms with E-state index >= 15 is 0 Å². The van der Waals surface area contributed by atoms with Gasteiger partial charge >= 0.3 is 0 Å². The summed E-state index contributed by atoms with van der Waals surface area (Å²) in [4.78, 5) is 40.4. The van der Waals surface area contributed by atoms with Gasteiger partial charge in [-0.25, -0.2) is 0 Å². The Morgan fingerprint density at radius 3 is 2.47 bits per heavy atom. The number of aromatic nitrogens is 1. The second kappa shape index (κ2) is 9.54. The van der Waals surface area contributed by atoms with E-state index in [-0.39, 0.29) is 35.3 Å². The zero-order valence-corrected chi connectivity index (χ0v) is 18.5. The van der Waals surface area contributed by atoms with Crippen LogP contribution in [0.5, 0.6) is 0 Å². The highest BCUT2D eigenvalue weighted by Crippen LogP contribution is 2.29. The summed E-state index contributed by atoms with van der Waals surface area (Å²) in [6.07, 6.45) is 3.44. The minimum atomic E-state index is -0.371. The van der Waals surface area contributed by atoms with Crippen molar-refractivity contribution in [2.24, 2.45) is 11.7 Å². The molecule has 0 spiro atoms. The smallest absolute Gasteiger partial charge is 0.292 e. The van der Waals surface area contributed by atoms with Gasteiger partial charge < -0.3 is 20.1 Å². The lowest BCUT2D eigenvalue weighted by Gasteiger charge is -2.31. The average Bonchev–Trinajstić information content (AvgIpc) is 3.30. The third-order valence-electron chi connectivity index (χ3n) is 6.59. The maximum atomic E-state index is 12.8. The number of primary amides is 1. The number of nitrogens with zero attached hydrogens (tertiary/aromatic N) is 3. The van der Waals surface area contributed by atoms with Crippen molar-refractivity contribution in [3.63, 3.8) is 0 Å². The number of rotatable bonds is 5. The van der Waals surface area contributed by atoms with Crippen LogP contribution in [0.25, 0.3) is 0 Å². The van der Waals surface area contributed by atoms with Gasteiger partial charge in [-0.2, -0.15) is 0 Å². The van der Waals surface area contributed by atoms with Crippen LogP contribution in [0, 0.1) is 12.8 Å². The third-order valence-corrected chi connectivity index (χ3v) is 6.59. The number of hydrogen-bond acceptors (Lipinski definition) is 5. The Bertz CT molecular complexity index is 976. The van der Waals surface area contributed by atoms with Crippen LogP contribution in [0.4, 0.5) is 0 Å². The molecule has 3 amide bonds. The van der Waals surface area contributed by atoms with E-state index < -0.39 is 0 Å². The van der Waals surface area contributed by atoms with E-state index in [1.807, 2.05) is 36.1 Å². The van der Waals surface area contributed by atoms with Crippen molar-refractivity contribution in [1.29, 1.82) is 0 Å². The van der Waals surface area contributed by atoms with E-state index in [2.05, 4.69) is 5.16 Å². The summed E-state index contributed by atoms with van der Waals surface area (Å²) in [6, 6.07) is 9.76. The molecule has 2 aliphatic rings. The number of likely N-dealkylation sites (tertiary alicyclic amines) is 2. The van der Waals surface area contributed by atoms with Crippen molar-refractivity contribution in [1.82, 2.24) is 15.0 Å². The number of amides is 3. The van der Waals surface area contributed by atoms with Gasteiger partial charge in [0.2, 0.25) is 17.6 Å². The van der Waals surface area contributed by atoms with Gasteiger partial charge in [-0.3, -0.25) is 14.4 Å². The molecule has 8 nitrogen and oxygen atoms in total. The van der Waals surface area contributed by atoms with Crippen molar-refractivity contribution >= 4 is 17.7 Å². The number of carbonyl (C=O) groups excluding carboxylic acids is 3. The fourth-order valence-electron chi connectivity index (χ4n) is 4.55. The molecule has 2 fully saturated rings. The highest BCUT2D eigenvalue weighted by molar-refractivity contribution is 5.92. The highest BCUT2D eigenvalue weighted by Gasteiger charge is 2.31. The molecule has 8 heteroatoms. The van der Waals surface area contributed by atoms with Gasteiger partial charge in [0.1, 0.15) is 0 Å². The number of piperidine rings is 2. The van der Waals surface area contributed by atoms with E-state index in [1.165, 1.54) is 5.56 Å². The summed E-state index contributed by atoms with van der Waals surface area (Å²) < 4.78 is 5.35. The van der Waals surface area contributed by atoms with Crippen molar-refractivity contribution in [3.8, 4) is 0 Å². The Hall–Kier alpha value is -3.16. The number of aryl methyl sites for hydroxylation is 1. The maximum absolute atomic E-state index is 12.8. The van der Waals surface area contributed by atoms with Crippen LogP contribution in [0.15, 0.2) is 34.9 Å². The molecule has 0 bridgehead atoms. The molecule has 1 aromatic heterocycles. The molecule has 2 aromatic rings. The maximum Gasteiger partial charge on any atom is 0.292 e. The first kappa shape index (κ1) is 22.0. The molecule has 0 aliphatic carbocycles. The lowest BCUT2D eigenvalue weighted by Crippen LogP contribution is -2.44. The van der Waals surface area contributed by atoms with Crippen LogP contribution < -0.4 is 5.73 Å². The van der Waals surface area contributed by atoms with E-state index in [1.54, 1.807) is 11.0 Å². The van der Waals surface area contributed by atoms with Gasteiger partial charge in [0, 0.05) is 38.2 Å². The van der Waals surface area contributed by atoms with E-state index in [0.29, 0.717) is 39.0 Å². The molecular weight excluding hydrogens is 408 g/mol. The van der Waals surface area contributed by atoms with Crippen molar-refractivity contribution in [2.45, 2.75) is 44.9 Å². The summed E-state index contributed by atoms with van der Waals surface area (Å²) in [5, 5.41) is 4.14. The fourth-order valence-corrected chi connectivity index (χ4v) is 4.55. The molecule has 2 N–H and O–H groups in total. The molecule has 1 aromatic carbocycles. The lowest BCUT2D eigenvalue weighted by molar-refractivity contribution is -0.131. The van der Waals surface area contributed by atoms with Crippen LogP contribution in [0.1, 0.15) is 59.0 Å².